The molecule has 2 aliphatic rings. The van der Waals surface area contributed by atoms with Crippen molar-refractivity contribution in [2.75, 3.05) is 21.1 Å². The Morgan fingerprint density at radius 1 is 0.861 bits per heavy atom. The Hall–Kier alpha value is -2.70. The number of hydrogen-bond acceptors (Lipinski definition) is 2. The monoisotopic (exact) mass is 490 g/mol. The highest BCUT2D eigenvalue weighted by molar-refractivity contribution is 5.85. The van der Waals surface area contributed by atoms with Crippen LogP contribution >= 0.6 is 0 Å². The summed E-state index contributed by atoms with van der Waals surface area (Å²) < 4.78 is 33.6. The van der Waals surface area contributed by atoms with Crippen LogP contribution in [0.2, 0.25) is 0 Å². The van der Waals surface area contributed by atoms with E-state index in [9.17, 15) is 8.78 Å². The molecule has 6 rings (SSSR count). The molecule has 0 amide bonds. The van der Waals surface area contributed by atoms with Crippen molar-refractivity contribution in [1.82, 2.24) is 18.9 Å². The fourth-order valence-corrected chi connectivity index (χ4v) is 6.26. The van der Waals surface area contributed by atoms with E-state index in [2.05, 4.69) is 80.0 Å². The quantitative estimate of drug-likeness (QED) is 0.303. The molecule has 2 saturated carbocycles. The van der Waals surface area contributed by atoms with E-state index in [1.807, 2.05) is 4.57 Å². The molecule has 4 aromatic rings. The third-order valence-electron chi connectivity index (χ3n) is 9.04. The van der Waals surface area contributed by atoms with Crippen molar-refractivity contribution in [3.8, 4) is 0 Å². The third-order valence-corrected chi connectivity index (χ3v) is 9.04. The van der Waals surface area contributed by atoms with E-state index in [1.54, 1.807) is 6.07 Å². The van der Waals surface area contributed by atoms with Gasteiger partial charge in [-0.2, -0.15) is 0 Å². The molecule has 0 unspecified atom stereocenters. The number of aryl methyl sites for hydroxylation is 2. The lowest BCUT2D eigenvalue weighted by atomic mass is 9.85. The molecule has 2 heterocycles. The number of nitrogens with zero attached hydrogens (tertiary/aromatic N) is 4. The second kappa shape index (κ2) is 8.70. The summed E-state index contributed by atoms with van der Waals surface area (Å²) in [4.78, 5) is 4.61. The van der Waals surface area contributed by atoms with E-state index in [-0.39, 0.29) is 6.04 Å². The molecule has 0 N–H and O–H groups in total. The molecule has 0 aliphatic heterocycles. The van der Waals surface area contributed by atoms with E-state index in [1.165, 1.54) is 28.1 Å². The van der Waals surface area contributed by atoms with Crippen molar-refractivity contribution in [3.63, 3.8) is 0 Å². The van der Waals surface area contributed by atoms with Gasteiger partial charge in [0.05, 0.1) is 5.52 Å². The predicted molar refractivity (Wildman–Crippen MR) is 143 cm³/mol. The topological polar surface area (TPSA) is 16.3 Å². The summed E-state index contributed by atoms with van der Waals surface area (Å²) in [5.41, 5.74) is 5.50. The molecule has 0 saturated heterocycles. The highest BCUT2D eigenvalue weighted by atomic mass is 19.2. The largest absolute Gasteiger partial charge is 0.344 e. The van der Waals surface area contributed by atoms with Crippen LogP contribution in [0.1, 0.15) is 54.5 Å². The van der Waals surface area contributed by atoms with Gasteiger partial charge in [0.15, 0.2) is 11.6 Å². The van der Waals surface area contributed by atoms with Gasteiger partial charge >= 0.3 is 0 Å². The van der Waals surface area contributed by atoms with E-state index >= 15 is 0 Å². The molecule has 4 nitrogen and oxygen atoms in total. The Bertz CT molecular complexity index is 1440. The molecule has 0 atom stereocenters. The normalized spacial score (nSPS) is 24.1. The molecule has 2 fully saturated rings. The maximum absolute atomic E-state index is 15.0. The van der Waals surface area contributed by atoms with Crippen LogP contribution in [0.5, 0.6) is 0 Å². The maximum Gasteiger partial charge on any atom is 0.183 e. The molecule has 190 valence electrons. The minimum atomic E-state index is -0.767. The van der Waals surface area contributed by atoms with Crippen LogP contribution in [0, 0.1) is 25.5 Å². The summed E-state index contributed by atoms with van der Waals surface area (Å²) in [5, 5.41) is 2.15. The molecule has 2 aliphatic carbocycles. The van der Waals surface area contributed by atoms with Crippen molar-refractivity contribution in [2.24, 2.45) is 0 Å². The van der Waals surface area contributed by atoms with Crippen LogP contribution < -0.4 is 0 Å². The molecule has 2 aromatic carbocycles. The van der Waals surface area contributed by atoms with Gasteiger partial charge < -0.3 is 14.0 Å². The van der Waals surface area contributed by atoms with Crippen LogP contribution in [0.25, 0.3) is 21.8 Å². The van der Waals surface area contributed by atoms with E-state index < -0.39 is 11.6 Å². The summed E-state index contributed by atoms with van der Waals surface area (Å²) in [5.74, 6) is -1.49. The summed E-state index contributed by atoms with van der Waals surface area (Å²) in [7, 11) is 6.33. The number of benzene rings is 2. The van der Waals surface area contributed by atoms with Gasteiger partial charge in [-0.25, -0.2) is 8.78 Å². The molecule has 36 heavy (non-hydrogen) atoms. The minimum Gasteiger partial charge on any atom is -0.344 e. The first-order chi connectivity index (χ1) is 17.2. The number of hydrogen-bond donors (Lipinski definition) is 0. The fraction of sp³-hybridized carbons (Fsp3) is 0.467. The molecule has 0 radical (unpaired) electrons. The maximum atomic E-state index is 15.0. The Morgan fingerprint density at radius 3 is 2.25 bits per heavy atom. The van der Waals surface area contributed by atoms with Gasteiger partial charge in [-0.15, -0.1) is 0 Å². The summed E-state index contributed by atoms with van der Waals surface area (Å²) in [6.07, 6.45) is 8.45. The standard InChI is InChI=1S/C30H36F2N4/c1-18-10-20-8-9-35(28(20)11-19(18)2)24-14-23(15-24)34(5)16-21-17-36(25-12-22(13-25)33(3)4)30-26(21)6-7-27(31)29(30)32/h6-11,17,22-25H,12-16H2,1-5H3. The van der Waals surface area contributed by atoms with Crippen LogP contribution in [0.3, 0.4) is 0 Å². The lowest BCUT2D eigenvalue weighted by molar-refractivity contribution is 0.102. The lowest BCUT2D eigenvalue weighted by Gasteiger charge is -2.42. The van der Waals surface area contributed by atoms with E-state index in [4.69, 9.17) is 0 Å². The zero-order chi connectivity index (χ0) is 25.3. The summed E-state index contributed by atoms with van der Waals surface area (Å²) >= 11 is 0. The molecule has 0 bridgehead atoms. The summed E-state index contributed by atoms with van der Waals surface area (Å²) in [6, 6.07) is 11.5. The zero-order valence-corrected chi connectivity index (χ0v) is 21.9. The number of halogens is 2. The Kier molecular flexibility index (Phi) is 5.73. The average molecular weight is 491 g/mol. The van der Waals surface area contributed by atoms with Crippen LogP contribution in [0.15, 0.2) is 42.7 Å². The van der Waals surface area contributed by atoms with Crippen molar-refractivity contribution in [2.45, 2.75) is 70.2 Å². The first-order valence-corrected chi connectivity index (χ1v) is 13.1. The first kappa shape index (κ1) is 23.7. The molecular weight excluding hydrogens is 454 g/mol. The third kappa shape index (κ3) is 3.77. The SMILES string of the molecule is Cc1cc2ccn(C3CC(N(C)Cc4cn(C5CC(N(C)C)C5)c5c(F)c(F)ccc45)C3)c2cc1C. The van der Waals surface area contributed by atoms with E-state index in [0.717, 1.165) is 43.2 Å². The Balaban J connectivity index is 1.20. The highest BCUT2D eigenvalue weighted by Crippen LogP contribution is 2.41. The van der Waals surface area contributed by atoms with Crippen molar-refractivity contribution >= 4 is 21.8 Å². The summed E-state index contributed by atoms with van der Waals surface area (Å²) in [6.45, 7) is 5.09. The highest BCUT2D eigenvalue weighted by Gasteiger charge is 2.36. The van der Waals surface area contributed by atoms with Crippen LogP contribution in [-0.2, 0) is 6.54 Å². The zero-order valence-electron chi connectivity index (χ0n) is 21.9. The van der Waals surface area contributed by atoms with Crippen molar-refractivity contribution in [3.05, 3.63) is 71.1 Å². The molecule has 0 spiro atoms. The fourth-order valence-electron chi connectivity index (χ4n) is 6.26. The van der Waals surface area contributed by atoms with Gasteiger partial charge in [-0.3, -0.25) is 4.90 Å². The van der Waals surface area contributed by atoms with Crippen LogP contribution in [0.4, 0.5) is 8.78 Å². The van der Waals surface area contributed by atoms with Gasteiger partial charge in [-0.05, 0) is 113 Å². The lowest BCUT2D eigenvalue weighted by Crippen LogP contribution is -2.42. The van der Waals surface area contributed by atoms with Crippen molar-refractivity contribution in [1.29, 1.82) is 0 Å². The second-order valence-electron chi connectivity index (χ2n) is 11.5. The molecule has 6 heteroatoms. The predicted octanol–water partition coefficient (Wildman–Crippen LogP) is 6.59. The smallest absolute Gasteiger partial charge is 0.183 e. The van der Waals surface area contributed by atoms with Crippen molar-refractivity contribution < 1.29 is 8.78 Å². The first-order valence-electron chi connectivity index (χ1n) is 13.1. The molecular formula is C30H36F2N4. The van der Waals surface area contributed by atoms with Crippen LogP contribution in [-0.4, -0.2) is 52.2 Å². The van der Waals surface area contributed by atoms with Gasteiger partial charge in [0.1, 0.15) is 0 Å². The Labute approximate surface area is 212 Å². The van der Waals surface area contributed by atoms with Gasteiger partial charge in [0, 0.05) is 54.0 Å². The van der Waals surface area contributed by atoms with Gasteiger partial charge in [0.2, 0.25) is 0 Å². The van der Waals surface area contributed by atoms with Gasteiger partial charge in [-0.1, -0.05) is 0 Å². The number of fused-ring (bicyclic) bond motifs is 2. The Morgan fingerprint density at radius 2 is 1.53 bits per heavy atom. The minimum absolute atomic E-state index is 0.220. The second-order valence-corrected chi connectivity index (χ2v) is 11.5. The average Bonchev–Trinajstić information content (AvgIpc) is 3.31. The number of rotatable bonds is 6. The number of aromatic nitrogens is 2. The molecule has 2 aromatic heterocycles. The van der Waals surface area contributed by atoms with Gasteiger partial charge in [0.25, 0.3) is 0 Å². The van der Waals surface area contributed by atoms with E-state index in [0.29, 0.717) is 23.6 Å².